The van der Waals surface area contributed by atoms with Crippen molar-refractivity contribution in [3.05, 3.63) is 18.0 Å². The summed E-state index contributed by atoms with van der Waals surface area (Å²) in [5.74, 6) is 0. The van der Waals surface area contributed by atoms with E-state index in [1.165, 1.54) is 4.31 Å². The Morgan fingerprint density at radius 1 is 1.38 bits per heavy atom. The number of aryl methyl sites for hydroxylation is 1. The highest BCUT2D eigenvalue weighted by molar-refractivity contribution is 7.89. The molecular formula is C14H23N3O3S. The Kier molecular flexibility index (Phi) is 5.16. The van der Waals surface area contributed by atoms with Crippen molar-refractivity contribution in [2.75, 3.05) is 13.1 Å². The van der Waals surface area contributed by atoms with Gasteiger partial charge in [0.05, 0.1) is 11.8 Å². The summed E-state index contributed by atoms with van der Waals surface area (Å²) in [6.45, 7) is 6.38. The first-order chi connectivity index (χ1) is 9.93. The molecule has 118 valence electrons. The van der Waals surface area contributed by atoms with Gasteiger partial charge >= 0.3 is 6.01 Å². The molecule has 6 nitrogen and oxygen atoms in total. The van der Waals surface area contributed by atoms with E-state index in [9.17, 15) is 8.42 Å². The molecule has 1 unspecified atom stereocenters. The third kappa shape index (κ3) is 3.91. The minimum Gasteiger partial charge on any atom is -0.459 e. The van der Waals surface area contributed by atoms with Gasteiger partial charge in [0.1, 0.15) is 6.10 Å². The molecule has 0 aromatic carbocycles. The fourth-order valence-electron chi connectivity index (χ4n) is 2.27. The Labute approximate surface area is 126 Å². The fraction of sp³-hybridized carbons (Fsp3) is 0.714. The highest BCUT2D eigenvalue weighted by Crippen LogP contribution is 2.20. The van der Waals surface area contributed by atoms with Crippen LogP contribution in [0, 0.1) is 0 Å². The van der Waals surface area contributed by atoms with Crippen LogP contribution in [-0.2, 0) is 16.4 Å². The maximum atomic E-state index is 12.2. The largest absolute Gasteiger partial charge is 0.459 e. The predicted molar refractivity (Wildman–Crippen MR) is 80.7 cm³/mol. The molecule has 0 bridgehead atoms. The van der Waals surface area contributed by atoms with Crippen molar-refractivity contribution in [1.82, 2.24) is 14.3 Å². The average Bonchev–Trinajstić information content (AvgIpc) is 2.48. The van der Waals surface area contributed by atoms with Gasteiger partial charge in [-0.3, -0.25) is 0 Å². The van der Waals surface area contributed by atoms with Crippen LogP contribution in [0.4, 0.5) is 0 Å². The number of hydrogen-bond donors (Lipinski definition) is 0. The van der Waals surface area contributed by atoms with E-state index in [1.54, 1.807) is 26.2 Å². The van der Waals surface area contributed by atoms with Gasteiger partial charge in [0, 0.05) is 18.9 Å². The van der Waals surface area contributed by atoms with Crippen LogP contribution in [0.5, 0.6) is 6.01 Å². The zero-order chi connectivity index (χ0) is 15.5. The van der Waals surface area contributed by atoms with Gasteiger partial charge in [0.2, 0.25) is 10.0 Å². The SMILES string of the molecule is CCc1cnc(OC2CCCN(S(=O)(=O)C(C)C)C2)nc1. The molecule has 7 heteroatoms. The second-order valence-corrected chi connectivity index (χ2v) is 8.05. The summed E-state index contributed by atoms with van der Waals surface area (Å²) in [4.78, 5) is 8.33. The fourth-order valence-corrected chi connectivity index (χ4v) is 3.62. The van der Waals surface area contributed by atoms with Crippen LogP contribution in [0.15, 0.2) is 12.4 Å². The van der Waals surface area contributed by atoms with Crippen LogP contribution in [-0.4, -0.2) is 47.1 Å². The molecule has 0 radical (unpaired) electrons. The minimum absolute atomic E-state index is 0.181. The molecular weight excluding hydrogens is 290 g/mol. The van der Waals surface area contributed by atoms with Gasteiger partial charge < -0.3 is 4.74 Å². The first-order valence-electron chi connectivity index (χ1n) is 7.40. The van der Waals surface area contributed by atoms with Crippen molar-refractivity contribution in [1.29, 1.82) is 0 Å². The molecule has 2 rings (SSSR count). The molecule has 0 N–H and O–H groups in total. The summed E-state index contributed by atoms with van der Waals surface area (Å²) in [5.41, 5.74) is 1.05. The molecule has 1 aromatic heterocycles. The Balaban J connectivity index is 2.01. The Morgan fingerprint density at radius 2 is 2.05 bits per heavy atom. The summed E-state index contributed by atoms with van der Waals surface area (Å²) in [6, 6.07) is 0.320. The molecule has 0 amide bonds. The zero-order valence-electron chi connectivity index (χ0n) is 12.8. The highest BCUT2D eigenvalue weighted by atomic mass is 32.2. The quantitative estimate of drug-likeness (QED) is 0.826. The number of sulfonamides is 1. The van der Waals surface area contributed by atoms with Gasteiger partial charge in [-0.05, 0) is 38.7 Å². The predicted octanol–water partition coefficient (Wildman–Crippen LogP) is 1.62. The average molecular weight is 313 g/mol. The lowest BCUT2D eigenvalue weighted by atomic mass is 10.1. The van der Waals surface area contributed by atoms with Crippen molar-refractivity contribution < 1.29 is 13.2 Å². The molecule has 1 aromatic rings. The Bertz CT molecular complexity index is 557. The summed E-state index contributed by atoms with van der Waals surface area (Å²) in [6.07, 6.45) is 5.80. The van der Waals surface area contributed by atoms with Gasteiger partial charge in [0.25, 0.3) is 0 Å². The third-order valence-electron chi connectivity index (χ3n) is 3.66. The van der Waals surface area contributed by atoms with Gasteiger partial charge in [0.15, 0.2) is 0 Å². The maximum absolute atomic E-state index is 12.2. The van der Waals surface area contributed by atoms with Crippen LogP contribution in [0.2, 0.25) is 0 Å². The zero-order valence-corrected chi connectivity index (χ0v) is 13.6. The summed E-state index contributed by atoms with van der Waals surface area (Å²) in [7, 11) is -3.22. The van der Waals surface area contributed by atoms with Crippen molar-refractivity contribution in [3.63, 3.8) is 0 Å². The van der Waals surface area contributed by atoms with E-state index in [2.05, 4.69) is 9.97 Å². The van der Waals surface area contributed by atoms with Crippen molar-refractivity contribution in [2.45, 2.75) is 51.4 Å². The Hall–Kier alpha value is -1.21. The lowest BCUT2D eigenvalue weighted by Gasteiger charge is -2.32. The molecule has 2 heterocycles. The number of aromatic nitrogens is 2. The summed E-state index contributed by atoms with van der Waals surface area (Å²) >= 11 is 0. The van der Waals surface area contributed by atoms with Gasteiger partial charge in [-0.25, -0.2) is 18.4 Å². The minimum atomic E-state index is -3.22. The van der Waals surface area contributed by atoms with Crippen LogP contribution < -0.4 is 4.74 Å². The van der Waals surface area contributed by atoms with Gasteiger partial charge in [-0.15, -0.1) is 0 Å². The number of rotatable bonds is 5. The van der Waals surface area contributed by atoms with E-state index in [1.807, 2.05) is 6.92 Å². The van der Waals surface area contributed by atoms with Crippen molar-refractivity contribution in [3.8, 4) is 6.01 Å². The van der Waals surface area contributed by atoms with Gasteiger partial charge in [-0.2, -0.15) is 4.31 Å². The number of hydrogen-bond acceptors (Lipinski definition) is 5. The normalized spacial score (nSPS) is 20.7. The van der Waals surface area contributed by atoms with E-state index in [-0.39, 0.29) is 6.10 Å². The van der Waals surface area contributed by atoms with Crippen molar-refractivity contribution >= 4 is 10.0 Å². The lowest BCUT2D eigenvalue weighted by Crippen LogP contribution is -2.46. The van der Waals surface area contributed by atoms with Crippen LogP contribution in [0.25, 0.3) is 0 Å². The molecule has 21 heavy (non-hydrogen) atoms. The Morgan fingerprint density at radius 3 is 2.62 bits per heavy atom. The second kappa shape index (κ2) is 6.70. The van der Waals surface area contributed by atoms with E-state index in [0.29, 0.717) is 19.1 Å². The molecule has 1 aliphatic heterocycles. The molecule has 0 spiro atoms. The van der Waals surface area contributed by atoms with E-state index in [0.717, 1.165) is 24.8 Å². The van der Waals surface area contributed by atoms with E-state index < -0.39 is 15.3 Å². The number of nitrogens with zero attached hydrogens (tertiary/aromatic N) is 3. The van der Waals surface area contributed by atoms with Crippen LogP contribution >= 0.6 is 0 Å². The van der Waals surface area contributed by atoms with Crippen LogP contribution in [0.1, 0.15) is 39.2 Å². The summed E-state index contributed by atoms with van der Waals surface area (Å²) < 4.78 is 31.7. The highest BCUT2D eigenvalue weighted by Gasteiger charge is 2.32. The maximum Gasteiger partial charge on any atom is 0.316 e. The molecule has 1 atom stereocenters. The molecule has 0 saturated carbocycles. The monoisotopic (exact) mass is 313 g/mol. The van der Waals surface area contributed by atoms with Gasteiger partial charge in [-0.1, -0.05) is 6.92 Å². The third-order valence-corrected chi connectivity index (χ3v) is 5.90. The molecule has 1 aliphatic rings. The second-order valence-electron chi connectivity index (χ2n) is 5.56. The number of ether oxygens (including phenoxy) is 1. The molecule has 1 fully saturated rings. The standard InChI is InChI=1S/C14H23N3O3S/c1-4-12-8-15-14(16-9-12)20-13-6-5-7-17(10-13)21(18,19)11(2)3/h8-9,11,13H,4-7,10H2,1-3H3. The molecule has 0 aliphatic carbocycles. The number of piperidine rings is 1. The summed E-state index contributed by atoms with van der Waals surface area (Å²) in [5, 5.41) is -0.406. The lowest BCUT2D eigenvalue weighted by molar-refractivity contribution is 0.119. The first-order valence-corrected chi connectivity index (χ1v) is 8.90. The van der Waals surface area contributed by atoms with Crippen LogP contribution in [0.3, 0.4) is 0 Å². The smallest absolute Gasteiger partial charge is 0.316 e. The topological polar surface area (TPSA) is 72.4 Å². The van der Waals surface area contributed by atoms with E-state index in [4.69, 9.17) is 4.74 Å². The van der Waals surface area contributed by atoms with E-state index >= 15 is 0 Å². The molecule has 1 saturated heterocycles. The van der Waals surface area contributed by atoms with Crippen molar-refractivity contribution in [2.24, 2.45) is 0 Å². The first kappa shape index (κ1) is 16.2.